The molecule has 0 fully saturated rings. The maximum atomic E-state index is 11.7. The van der Waals surface area contributed by atoms with E-state index in [0.29, 0.717) is 17.2 Å². The lowest BCUT2D eigenvalue weighted by molar-refractivity contribution is 0.0949. The van der Waals surface area contributed by atoms with Crippen LogP contribution < -0.4 is 14.9 Å². The van der Waals surface area contributed by atoms with Gasteiger partial charge in [0, 0.05) is 13.2 Å². The lowest BCUT2D eigenvalue weighted by atomic mass is 10.2. The zero-order chi connectivity index (χ0) is 15.2. The van der Waals surface area contributed by atoms with Crippen molar-refractivity contribution < 1.29 is 14.3 Å². The summed E-state index contributed by atoms with van der Waals surface area (Å²) in [6.07, 6.45) is 3.20. The average Bonchev–Trinajstić information content (AvgIpc) is 2.93. The van der Waals surface area contributed by atoms with E-state index in [1.165, 1.54) is 6.21 Å². The smallest absolute Gasteiger partial charge is 0.291 e. The predicted molar refractivity (Wildman–Crippen MR) is 77.8 cm³/mol. The molecular weight excluding hydrogens is 272 g/mol. The molecule has 0 aliphatic rings. The fourth-order valence-electron chi connectivity index (χ4n) is 1.69. The highest BCUT2D eigenvalue weighted by atomic mass is 16.5. The van der Waals surface area contributed by atoms with Crippen LogP contribution >= 0.6 is 0 Å². The van der Waals surface area contributed by atoms with Crippen molar-refractivity contribution in [1.82, 2.24) is 15.2 Å². The van der Waals surface area contributed by atoms with Gasteiger partial charge in [-0.15, -0.1) is 0 Å². The molecule has 1 aromatic heterocycles. The fraction of sp³-hybridized carbons (Fsp3) is 0.214. The topological polar surface area (TPSA) is 77.7 Å². The van der Waals surface area contributed by atoms with Gasteiger partial charge in [-0.3, -0.25) is 9.48 Å². The molecule has 2 rings (SSSR count). The van der Waals surface area contributed by atoms with E-state index in [2.05, 4.69) is 15.6 Å². The standard InChI is InChI=1S/C14H16N4O3/c1-18-7-6-11(17-18)14(19)16-15-9-10-4-5-12(20-2)13(8-10)21-3/h4-9H,1-3H3,(H,16,19)/b15-9-. The molecule has 0 unspecified atom stereocenters. The van der Waals surface area contributed by atoms with Crippen LogP contribution in [-0.4, -0.2) is 36.1 Å². The van der Waals surface area contributed by atoms with Crippen LogP contribution in [0.2, 0.25) is 0 Å². The Morgan fingerprint density at radius 3 is 2.67 bits per heavy atom. The monoisotopic (exact) mass is 288 g/mol. The minimum atomic E-state index is -0.368. The Morgan fingerprint density at radius 1 is 1.29 bits per heavy atom. The second kappa shape index (κ2) is 6.56. The van der Waals surface area contributed by atoms with Crippen LogP contribution in [0.15, 0.2) is 35.6 Å². The number of hydrogen-bond acceptors (Lipinski definition) is 5. The predicted octanol–water partition coefficient (Wildman–Crippen LogP) is 1.20. The number of amides is 1. The van der Waals surface area contributed by atoms with Crippen molar-refractivity contribution in [3.63, 3.8) is 0 Å². The van der Waals surface area contributed by atoms with Gasteiger partial charge in [0.25, 0.3) is 5.91 Å². The van der Waals surface area contributed by atoms with Gasteiger partial charge >= 0.3 is 0 Å². The van der Waals surface area contributed by atoms with Gasteiger partial charge < -0.3 is 9.47 Å². The highest BCUT2D eigenvalue weighted by Gasteiger charge is 2.07. The van der Waals surface area contributed by atoms with Gasteiger partial charge in [0.15, 0.2) is 17.2 Å². The molecule has 0 aliphatic carbocycles. The molecule has 0 saturated carbocycles. The number of nitrogens with one attached hydrogen (secondary N) is 1. The van der Waals surface area contributed by atoms with Crippen LogP contribution in [-0.2, 0) is 7.05 Å². The number of aryl methyl sites for hydroxylation is 1. The van der Waals surface area contributed by atoms with Crippen LogP contribution in [0.4, 0.5) is 0 Å². The molecule has 1 aromatic carbocycles. The Hall–Kier alpha value is -2.83. The highest BCUT2D eigenvalue weighted by molar-refractivity contribution is 5.93. The van der Waals surface area contributed by atoms with E-state index < -0.39 is 0 Å². The summed E-state index contributed by atoms with van der Waals surface area (Å²) in [5.41, 5.74) is 3.49. The Labute approximate surface area is 122 Å². The lowest BCUT2D eigenvalue weighted by Crippen LogP contribution is -2.18. The summed E-state index contributed by atoms with van der Waals surface area (Å²) in [5.74, 6) is 0.858. The molecule has 0 atom stereocenters. The molecule has 2 aromatic rings. The van der Waals surface area contributed by atoms with E-state index in [-0.39, 0.29) is 5.91 Å². The number of ether oxygens (including phenoxy) is 2. The van der Waals surface area contributed by atoms with Crippen molar-refractivity contribution in [3.8, 4) is 11.5 Å². The number of carbonyl (C=O) groups excluding carboxylic acids is 1. The third-order valence-electron chi connectivity index (χ3n) is 2.73. The molecular formula is C14H16N4O3. The second-order valence-electron chi connectivity index (χ2n) is 4.19. The zero-order valence-corrected chi connectivity index (χ0v) is 12.0. The van der Waals surface area contributed by atoms with Crippen LogP contribution in [0.25, 0.3) is 0 Å². The number of aromatic nitrogens is 2. The maximum Gasteiger partial charge on any atom is 0.291 e. The number of nitrogens with zero attached hydrogens (tertiary/aromatic N) is 3. The van der Waals surface area contributed by atoms with Crippen LogP contribution in [0.3, 0.4) is 0 Å². The van der Waals surface area contributed by atoms with E-state index in [4.69, 9.17) is 9.47 Å². The zero-order valence-electron chi connectivity index (χ0n) is 12.0. The summed E-state index contributed by atoms with van der Waals surface area (Å²) in [6, 6.07) is 6.94. The molecule has 0 radical (unpaired) electrons. The lowest BCUT2D eigenvalue weighted by Gasteiger charge is -2.07. The number of carbonyl (C=O) groups is 1. The normalized spacial score (nSPS) is 10.6. The van der Waals surface area contributed by atoms with Gasteiger partial charge in [0.05, 0.1) is 20.4 Å². The van der Waals surface area contributed by atoms with Gasteiger partial charge in [-0.25, -0.2) is 5.43 Å². The van der Waals surface area contributed by atoms with Crippen molar-refractivity contribution >= 4 is 12.1 Å². The van der Waals surface area contributed by atoms with Crippen LogP contribution in [0.5, 0.6) is 11.5 Å². The number of rotatable bonds is 5. The summed E-state index contributed by atoms with van der Waals surface area (Å²) < 4.78 is 11.9. The molecule has 110 valence electrons. The molecule has 1 amide bonds. The maximum absolute atomic E-state index is 11.7. The quantitative estimate of drug-likeness (QED) is 0.662. The van der Waals surface area contributed by atoms with Crippen molar-refractivity contribution in [2.45, 2.75) is 0 Å². The number of benzene rings is 1. The van der Waals surface area contributed by atoms with Gasteiger partial charge in [0.2, 0.25) is 0 Å². The van der Waals surface area contributed by atoms with E-state index in [9.17, 15) is 4.79 Å². The third kappa shape index (κ3) is 3.59. The highest BCUT2D eigenvalue weighted by Crippen LogP contribution is 2.26. The first-order chi connectivity index (χ1) is 10.1. The average molecular weight is 288 g/mol. The first kappa shape index (κ1) is 14.6. The summed E-state index contributed by atoms with van der Waals surface area (Å²) in [4.78, 5) is 11.7. The summed E-state index contributed by atoms with van der Waals surface area (Å²) in [6.45, 7) is 0. The molecule has 0 aliphatic heterocycles. The number of hydrazone groups is 1. The van der Waals surface area contributed by atoms with E-state index in [1.54, 1.807) is 56.4 Å². The van der Waals surface area contributed by atoms with Crippen molar-refractivity contribution in [1.29, 1.82) is 0 Å². The Balaban J connectivity index is 2.03. The molecule has 0 spiro atoms. The van der Waals surface area contributed by atoms with Gasteiger partial charge in [-0.2, -0.15) is 10.2 Å². The van der Waals surface area contributed by atoms with Gasteiger partial charge in [0.1, 0.15) is 0 Å². The SMILES string of the molecule is COc1ccc(/C=N\NC(=O)c2ccn(C)n2)cc1OC. The van der Waals surface area contributed by atoms with Crippen molar-refractivity contribution in [3.05, 3.63) is 41.7 Å². The molecule has 1 heterocycles. The molecule has 1 N–H and O–H groups in total. The molecule has 7 nitrogen and oxygen atoms in total. The van der Waals surface area contributed by atoms with Gasteiger partial charge in [-0.05, 0) is 29.8 Å². The Bertz CT molecular complexity index is 664. The minimum Gasteiger partial charge on any atom is -0.493 e. The fourth-order valence-corrected chi connectivity index (χ4v) is 1.69. The Morgan fingerprint density at radius 2 is 2.05 bits per heavy atom. The Kier molecular flexibility index (Phi) is 4.55. The summed E-state index contributed by atoms with van der Waals surface area (Å²) >= 11 is 0. The van der Waals surface area contributed by atoms with Crippen molar-refractivity contribution in [2.24, 2.45) is 12.1 Å². The second-order valence-corrected chi connectivity index (χ2v) is 4.19. The third-order valence-corrected chi connectivity index (χ3v) is 2.73. The summed E-state index contributed by atoms with van der Waals surface area (Å²) in [7, 11) is 4.87. The number of methoxy groups -OCH3 is 2. The number of hydrogen-bond donors (Lipinski definition) is 1. The molecule has 0 saturated heterocycles. The minimum absolute atomic E-state index is 0.307. The summed E-state index contributed by atoms with van der Waals surface area (Å²) in [5, 5.41) is 7.87. The molecule has 7 heteroatoms. The van der Waals surface area contributed by atoms with E-state index in [0.717, 1.165) is 5.56 Å². The van der Waals surface area contributed by atoms with Crippen LogP contribution in [0, 0.1) is 0 Å². The van der Waals surface area contributed by atoms with Crippen molar-refractivity contribution in [2.75, 3.05) is 14.2 Å². The van der Waals surface area contributed by atoms with Gasteiger partial charge in [-0.1, -0.05) is 0 Å². The molecule has 0 bridgehead atoms. The van der Waals surface area contributed by atoms with E-state index in [1.807, 2.05) is 0 Å². The van der Waals surface area contributed by atoms with E-state index >= 15 is 0 Å². The van der Waals surface area contributed by atoms with Crippen LogP contribution in [0.1, 0.15) is 16.1 Å². The largest absolute Gasteiger partial charge is 0.493 e. The molecule has 21 heavy (non-hydrogen) atoms. The first-order valence-corrected chi connectivity index (χ1v) is 6.19. The first-order valence-electron chi connectivity index (χ1n) is 6.19.